The van der Waals surface area contributed by atoms with Crippen LogP contribution >= 0.6 is 0 Å². The first-order chi connectivity index (χ1) is 9.58. The number of methoxy groups -OCH3 is 1. The quantitative estimate of drug-likeness (QED) is 0.919. The number of carbonyl (C=O) groups is 1. The number of hydrogen-bond donors (Lipinski definition) is 1. The van der Waals surface area contributed by atoms with Gasteiger partial charge in [-0.3, -0.25) is 9.69 Å². The zero-order chi connectivity index (χ0) is 14.5. The topological polar surface area (TPSA) is 41.6 Å². The predicted molar refractivity (Wildman–Crippen MR) is 81.0 cm³/mol. The molecule has 1 aliphatic heterocycles. The summed E-state index contributed by atoms with van der Waals surface area (Å²) in [7, 11) is 1.61. The Bertz CT molecular complexity index is 452. The largest absolute Gasteiger partial charge is 0.495 e. The number of nitrogens with zero attached hydrogens (tertiary/aromatic N) is 1. The Balaban J connectivity index is 1.92. The fourth-order valence-electron chi connectivity index (χ4n) is 3.06. The van der Waals surface area contributed by atoms with Crippen LogP contribution in [0, 0.1) is 11.8 Å². The molecule has 2 unspecified atom stereocenters. The van der Waals surface area contributed by atoms with Gasteiger partial charge in [-0.25, -0.2) is 0 Å². The molecule has 1 N–H and O–H groups in total. The van der Waals surface area contributed by atoms with Crippen molar-refractivity contribution in [3.8, 4) is 5.75 Å². The van der Waals surface area contributed by atoms with Gasteiger partial charge in [0.1, 0.15) is 5.75 Å². The third-order valence-electron chi connectivity index (χ3n) is 3.69. The van der Waals surface area contributed by atoms with Crippen molar-refractivity contribution < 1.29 is 9.53 Å². The summed E-state index contributed by atoms with van der Waals surface area (Å²) in [6, 6.07) is 7.49. The molecule has 0 radical (unpaired) electrons. The normalized spacial score (nSPS) is 23.4. The van der Waals surface area contributed by atoms with Crippen LogP contribution in [0.2, 0.25) is 0 Å². The minimum atomic E-state index is 0.0239. The van der Waals surface area contributed by atoms with Crippen molar-refractivity contribution >= 4 is 11.6 Å². The van der Waals surface area contributed by atoms with Crippen molar-refractivity contribution in [3.05, 3.63) is 24.3 Å². The molecule has 1 aromatic rings. The van der Waals surface area contributed by atoms with Gasteiger partial charge in [-0.05, 0) is 30.4 Å². The van der Waals surface area contributed by atoms with E-state index in [1.54, 1.807) is 7.11 Å². The first-order valence-corrected chi connectivity index (χ1v) is 7.23. The van der Waals surface area contributed by atoms with Crippen LogP contribution in [0.4, 0.5) is 5.69 Å². The minimum absolute atomic E-state index is 0.0239. The van der Waals surface area contributed by atoms with Gasteiger partial charge in [-0.15, -0.1) is 0 Å². The number of piperidine rings is 1. The van der Waals surface area contributed by atoms with Crippen molar-refractivity contribution in [2.45, 2.75) is 20.3 Å². The van der Waals surface area contributed by atoms with E-state index >= 15 is 0 Å². The summed E-state index contributed by atoms with van der Waals surface area (Å²) >= 11 is 0. The molecule has 1 saturated heterocycles. The average Bonchev–Trinajstić information content (AvgIpc) is 2.37. The van der Waals surface area contributed by atoms with Gasteiger partial charge in [0.05, 0.1) is 19.3 Å². The number of nitrogens with one attached hydrogen (secondary N) is 1. The van der Waals surface area contributed by atoms with E-state index in [-0.39, 0.29) is 5.91 Å². The molecule has 0 spiro atoms. The SMILES string of the molecule is COc1ccccc1NC(=O)CN1CC(C)CC(C)C1. The van der Waals surface area contributed by atoms with Crippen LogP contribution in [-0.2, 0) is 4.79 Å². The standard InChI is InChI=1S/C16H24N2O2/c1-12-8-13(2)10-18(9-12)11-16(19)17-14-6-4-5-7-15(14)20-3/h4-7,12-13H,8-11H2,1-3H3,(H,17,19). The molecule has 1 aromatic carbocycles. The number of carbonyl (C=O) groups excluding carboxylic acids is 1. The number of rotatable bonds is 4. The summed E-state index contributed by atoms with van der Waals surface area (Å²) in [6.07, 6.45) is 1.25. The Labute approximate surface area is 121 Å². The molecule has 2 rings (SSSR count). The first-order valence-electron chi connectivity index (χ1n) is 7.23. The van der Waals surface area contributed by atoms with Gasteiger partial charge in [0, 0.05) is 13.1 Å². The molecule has 0 saturated carbocycles. The van der Waals surface area contributed by atoms with Crippen molar-refractivity contribution in [2.24, 2.45) is 11.8 Å². The molecule has 20 heavy (non-hydrogen) atoms. The third-order valence-corrected chi connectivity index (χ3v) is 3.69. The zero-order valence-corrected chi connectivity index (χ0v) is 12.6. The highest BCUT2D eigenvalue weighted by Gasteiger charge is 2.23. The van der Waals surface area contributed by atoms with Gasteiger partial charge in [0.25, 0.3) is 0 Å². The van der Waals surface area contributed by atoms with E-state index in [2.05, 4.69) is 24.1 Å². The van der Waals surface area contributed by atoms with E-state index < -0.39 is 0 Å². The molecule has 1 fully saturated rings. The number of ether oxygens (including phenoxy) is 1. The lowest BCUT2D eigenvalue weighted by Gasteiger charge is -2.34. The van der Waals surface area contributed by atoms with Crippen molar-refractivity contribution in [1.29, 1.82) is 0 Å². The Kier molecular flexibility index (Phi) is 5.01. The second-order valence-electron chi connectivity index (χ2n) is 5.89. The lowest BCUT2D eigenvalue weighted by atomic mass is 9.92. The van der Waals surface area contributed by atoms with Crippen LogP contribution in [0.1, 0.15) is 20.3 Å². The number of benzene rings is 1. The van der Waals surface area contributed by atoms with Crippen molar-refractivity contribution in [2.75, 3.05) is 32.1 Å². The minimum Gasteiger partial charge on any atom is -0.495 e. The van der Waals surface area contributed by atoms with Crippen LogP contribution < -0.4 is 10.1 Å². The summed E-state index contributed by atoms with van der Waals surface area (Å²) in [5, 5.41) is 2.93. The average molecular weight is 276 g/mol. The maximum absolute atomic E-state index is 12.2. The van der Waals surface area contributed by atoms with Gasteiger partial charge in [0.2, 0.25) is 5.91 Å². The summed E-state index contributed by atoms with van der Waals surface area (Å²) < 4.78 is 5.24. The Hall–Kier alpha value is -1.55. The molecular formula is C16H24N2O2. The van der Waals surface area contributed by atoms with Gasteiger partial charge in [0.15, 0.2) is 0 Å². The van der Waals surface area contributed by atoms with Crippen molar-refractivity contribution in [1.82, 2.24) is 4.90 Å². The van der Waals surface area contributed by atoms with Crippen molar-refractivity contribution in [3.63, 3.8) is 0 Å². The number of likely N-dealkylation sites (tertiary alicyclic amines) is 1. The fourth-order valence-corrected chi connectivity index (χ4v) is 3.06. The highest BCUT2D eigenvalue weighted by Crippen LogP contribution is 2.24. The monoisotopic (exact) mass is 276 g/mol. The molecule has 1 amide bonds. The van der Waals surface area contributed by atoms with E-state index in [4.69, 9.17) is 4.74 Å². The molecule has 0 bridgehead atoms. The molecule has 0 aliphatic carbocycles. The molecule has 2 atom stereocenters. The van der Waals surface area contributed by atoms with Crippen LogP contribution in [-0.4, -0.2) is 37.6 Å². The lowest BCUT2D eigenvalue weighted by molar-refractivity contribution is -0.117. The number of amides is 1. The highest BCUT2D eigenvalue weighted by atomic mass is 16.5. The predicted octanol–water partition coefficient (Wildman–Crippen LogP) is 2.61. The molecule has 1 aliphatic rings. The highest BCUT2D eigenvalue weighted by molar-refractivity contribution is 5.93. The lowest BCUT2D eigenvalue weighted by Crippen LogP contribution is -2.42. The Morgan fingerprint density at radius 2 is 1.95 bits per heavy atom. The van der Waals surface area contributed by atoms with E-state index in [0.29, 0.717) is 24.1 Å². The summed E-state index contributed by atoms with van der Waals surface area (Å²) in [5.74, 6) is 2.05. The molecule has 110 valence electrons. The van der Waals surface area contributed by atoms with Gasteiger partial charge in [-0.1, -0.05) is 26.0 Å². The van der Waals surface area contributed by atoms with Crippen LogP contribution in [0.15, 0.2) is 24.3 Å². The fraction of sp³-hybridized carbons (Fsp3) is 0.562. The van der Waals surface area contributed by atoms with E-state index in [9.17, 15) is 4.79 Å². The van der Waals surface area contributed by atoms with Gasteiger partial charge >= 0.3 is 0 Å². The smallest absolute Gasteiger partial charge is 0.238 e. The molecular weight excluding hydrogens is 252 g/mol. The van der Waals surface area contributed by atoms with Gasteiger partial charge < -0.3 is 10.1 Å². The molecule has 0 aromatic heterocycles. The number of anilines is 1. The van der Waals surface area contributed by atoms with Gasteiger partial charge in [-0.2, -0.15) is 0 Å². The van der Waals surface area contributed by atoms with Crippen LogP contribution in [0.5, 0.6) is 5.75 Å². The Morgan fingerprint density at radius 3 is 2.60 bits per heavy atom. The number of para-hydroxylation sites is 2. The number of hydrogen-bond acceptors (Lipinski definition) is 3. The summed E-state index contributed by atoms with van der Waals surface area (Å²) in [5.41, 5.74) is 0.734. The second-order valence-corrected chi connectivity index (χ2v) is 5.89. The Morgan fingerprint density at radius 1 is 1.30 bits per heavy atom. The molecule has 4 nitrogen and oxygen atoms in total. The zero-order valence-electron chi connectivity index (χ0n) is 12.6. The summed E-state index contributed by atoms with van der Waals surface area (Å²) in [6.45, 7) is 6.96. The second kappa shape index (κ2) is 6.75. The third kappa shape index (κ3) is 3.97. The maximum atomic E-state index is 12.2. The van der Waals surface area contributed by atoms with E-state index in [1.165, 1.54) is 6.42 Å². The van der Waals surface area contributed by atoms with E-state index in [1.807, 2.05) is 24.3 Å². The summed E-state index contributed by atoms with van der Waals surface area (Å²) in [4.78, 5) is 14.4. The maximum Gasteiger partial charge on any atom is 0.238 e. The first kappa shape index (κ1) is 14.9. The van der Waals surface area contributed by atoms with E-state index in [0.717, 1.165) is 18.8 Å². The van der Waals surface area contributed by atoms with Crippen LogP contribution in [0.25, 0.3) is 0 Å². The molecule has 4 heteroatoms. The molecule has 1 heterocycles. The van der Waals surface area contributed by atoms with Crippen LogP contribution in [0.3, 0.4) is 0 Å².